The van der Waals surface area contributed by atoms with E-state index in [0.29, 0.717) is 5.71 Å². The fourth-order valence-corrected chi connectivity index (χ4v) is 6.58. The minimum Gasteiger partial charge on any atom is -0.437 e. The van der Waals surface area contributed by atoms with Crippen molar-refractivity contribution in [3.05, 3.63) is 170 Å². The van der Waals surface area contributed by atoms with E-state index in [9.17, 15) is 0 Å². The van der Waals surface area contributed by atoms with Gasteiger partial charge in [-0.3, -0.25) is 0 Å². The zero-order valence-electron chi connectivity index (χ0n) is 25.0. The van der Waals surface area contributed by atoms with Crippen LogP contribution >= 0.6 is 0 Å². The lowest BCUT2D eigenvalue weighted by atomic mass is 10.0. The maximum atomic E-state index is 6.25. The van der Waals surface area contributed by atoms with Crippen LogP contribution in [0.2, 0.25) is 0 Å². The summed E-state index contributed by atoms with van der Waals surface area (Å²) < 4.78 is 6.25. The minimum atomic E-state index is 0.667. The van der Waals surface area contributed by atoms with Gasteiger partial charge >= 0.3 is 0 Å². The molecule has 9 rings (SSSR count). The molecule has 3 heteroatoms. The monoisotopic (exact) mass is 588 g/mol. The molecule has 0 amide bonds. The third-order valence-electron chi connectivity index (χ3n) is 8.91. The van der Waals surface area contributed by atoms with Crippen molar-refractivity contribution in [1.29, 1.82) is 0 Å². The van der Waals surface area contributed by atoms with Gasteiger partial charge in [0.1, 0.15) is 5.58 Å². The summed E-state index contributed by atoms with van der Waals surface area (Å²) in [6.45, 7) is 0. The average molecular weight is 589 g/mol. The number of hydrogen-bond acceptors (Lipinski definition) is 3. The lowest BCUT2D eigenvalue weighted by molar-refractivity contribution is 0.657. The molecule has 0 unspecified atom stereocenters. The van der Waals surface area contributed by atoms with Gasteiger partial charge in [-0.15, -0.1) is 0 Å². The highest BCUT2D eigenvalue weighted by atomic mass is 16.3. The van der Waals surface area contributed by atoms with Crippen LogP contribution in [0.4, 0.5) is 17.1 Å². The quantitative estimate of drug-likeness (QED) is 0.200. The van der Waals surface area contributed by atoms with Gasteiger partial charge in [0.2, 0.25) is 5.71 Å². The van der Waals surface area contributed by atoms with Crippen LogP contribution in [0.3, 0.4) is 0 Å². The normalized spacial score (nSPS) is 11.5. The minimum absolute atomic E-state index is 0.667. The highest BCUT2D eigenvalue weighted by Gasteiger charge is 2.16. The van der Waals surface area contributed by atoms with Crippen molar-refractivity contribution in [2.24, 2.45) is 0 Å². The molecule has 2 aromatic heterocycles. The summed E-state index contributed by atoms with van der Waals surface area (Å²) in [6.07, 6.45) is 1.78. The topological polar surface area (TPSA) is 29.3 Å². The van der Waals surface area contributed by atoms with Crippen LogP contribution in [-0.4, -0.2) is 4.98 Å². The zero-order chi connectivity index (χ0) is 30.5. The largest absolute Gasteiger partial charge is 0.437 e. The fourth-order valence-electron chi connectivity index (χ4n) is 6.58. The molecule has 0 radical (unpaired) electrons. The van der Waals surface area contributed by atoms with Crippen molar-refractivity contribution >= 4 is 60.7 Å². The summed E-state index contributed by atoms with van der Waals surface area (Å²) in [5.41, 5.74) is 9.58. The molecule has 0 saturated carbocycles. The summed E-state index contributed by atoms with van der Waals surface area (Å²) in [5, 5.41) is 6.80. The van der Waals surface area contributed by atoms with Crippen LogP contribution in [0.15, 0.2) is 174 Å². The van der Waals surface area contributed by atoms with Crippen molar-refractivity contribution < 1.29 is 4.42 Å². The third kappa shape index (κ3) is 4.49. The lowest BCUT2D eigenvalue weighted by Crippen LogP contribution is -2.09. The van der Waals surface area contributed by atoms with Gasteiger partial charge in [-0.05, 0) is 105 Å². The van der Waals surface area contributed by atoms with E-state index in [1.807, 2.05) is 6.07 Å². The number of benzene rings is 7. The van der Waals surface area contributed by atoms with Gasteiger partial charge in [0.15, 0.2) is 0 Å². The molecular formula is C43H28N2O. The van der Waals surface area contributed by atoms with Crippen molar-refractivity contribution in [1.82, 2.24) is 4.98 Å². The van der Waals surface area contributed by atoms with Gasteiger partial charge in [-0.1, -0.05) is 97.1 Å². The SMILES string of the molecule is c1ccc(-c2ccc(N(c3ccc(-c4ccc5ccccc5c4)cc3)c3ccc4c(ccc5c6cccnc6oc45)c3)cc2)cc1. The molecule has 0 spiro atoms. The van der Waals surface area contributed by atoms with Crippen molar-refractivity contribution in [3.63, 3.8) is 0 Å². The fraction of sp³-hybridized carbons (Fsp3) is 0. The second kappa shape index (κ2) is 10.8. The molecular weight excluding hydrogens is 560 g/mol. The molecule has 0 aliphatic heterocycles. The number of fused-ring (bicyclic) bond motifs is 6. The van der Waals surface area contributed by atoms with E-state index in [1.165, 1.54) is 33.0 Å². The Kier molecular flexibility index (Phi) is 6.14. The van der Waals surface area contributed by atoms with Gasteiger partial charge in [-0.25, -0.2) is 4.98 Å². The van der Waals surface area contributed by atoms with Gasteiger partial charge in [0.05, 0.1) is 0 Å². The van der Waals surface area contributed by atoms with Crippen LogP contribution in [0, 0.1) is 0 Å². The number of furan rings is 1. The molecule has 7 aromatic carbocycles. The second-order valence-corrected chi connectivity index (χ2v) is 11.7. The first-order chi connectivity index (χ1) is 22.8. The Morgan fingerprint density at radius 3 is 1.78 bits per heavy atom. The van der Waals surface area contributed by atoms with E-state index in [2.05, 4.69) is 168 Å². The van der Waals surface area contributed by atoms with Crippen molar-refractivity contribution in [2.45, 2.75) is 0 Å². The van der Waals surface area contributed by atoms with Gasteiger partial charge in [-0.2, -0.15) is 0 Å². The van der Waals surface area contributed by atoms with E-state index in [-0.39, 0.29) is 0 Å². The standard InChI is InChI=1S/C43H28N2O/c1-2-7-29(8-3-1)31-14-19-36(20-15-31)45(37-21-16-32(17-22-37)34-13-12-30-9-4-5-10-33(30)27-34)38-23-25-39-35(28-38)18-24-40-41-11-6-26-44-43(41)46-42(39)40/h1-28H. The molecule has 216 valence electrons. The highest BCUT2D eigenvalue weighted by molar-refractivity contribution is 6.14. The summed E-state index contributed by atoms with van der Waals surface area (Å²) in [4.78, 5) is 6.77. The van der Waals surface area contributed by atoms with Crippen LogP contribution in [0.5, 0.6) is 0 Å². The van der Waals surface area contributed by atoms with E-state index in [0.717, 1.165) is 44.2 Å². The molecule has 46 heavy (non-hydrogen) atoms. The lowest BCUT2D eigenvalue weighted by Gasteiger charge is -2.26. The average Bonchev–Trinajstić information content (AvgIpc) is 3.52. The molecule has 0 atom stereocenters. The van der Waals surface area contributed by atoms with E-state index in [4.69, 9.17) is 4.42 Å². The van der Waals surface area contributed by atoms with Crippen LogP contribution in [-0.2, 0) is 0 Å². The van der Waals surface area contributed by atoms with Crippen LogP contribution in [0.25, 0.3) is 65.9 Å². The van der Waals surface area contributed by atoms with Crippen molar-refractivity contribution in [2.75, 3.05) is 4.90 Å². The molecule has 9 aromatic rings. The number of anilines is 3. The summed E-state index contributed by atoms with van der Waals surface area (Å²) in [7, 11) is 0. The maximum Gasteiger partial charge on any atom is 0.227 e. The Labute approximate surface area is 266 Å². The number of nitrogens with zero attached hydrogens (tertiary/aromatic N) is 2. The van der Waals surface area contributed by atoms with E-state index < -0.39 is 0 Å². The van der Waals surface area contributed by atoms with Crippen molar-refractivity contribution in [3.8, 4) is 22.3 Å². The number of hydrogen-bond donors (Lipinski definition) is 0. The molecule has 0 bridgehead atoms. The number of aromatic nitrogens is 1. The Balaban J connectivity index is 1.15. The van der Waals surface area contributed by atoms with Gasteiger partial charge < -0.3 is 9.32 Å². The van der Waals surface area contributed by atoms with E-state index in [1.54, 1.807) is 6.20 Å². The molecule has 3 nitrogen and oxygen atoms in total. The Bertz CT molecular complexity index is 2510. The molecule has 0 N–H and O–H groups in total. The summed E-state index contributed by atoms with van der Waals surface area (Å²) >= 11 is 0. The first kappa shape index (κ1) is 26.2. The molecule has 0 aliphatic rings. The van der Waals surface area contributed by atoms with Crippen LogP contribution in [0.1, 0.15) is 0 Å². The Morgan fingerprint density at radius 1 is 0.391 bits per heavy atom. The maximum absolute atomic E-state index is 6.25. The predicted molar refractivity (Wildman–Crippen MR) is 192 cm³/mol. The van der Waals surface area contributed by atoms with Gasteiger partial charge in [0.25, 0.3) is 0 Å². The van der Waals surface area contributed by atoms with Crippen LogP contribution < -0.4 is 4.90 Å². The third-order valence-corrected chi connectivity index (χ3v) is 8.91. The number of pyridine rings is 1. The van der Waals surface area contributed by atoms with E-state index >= 15 is 0 Å². The summed E-state index contributed by atoms with van der Waals surface area (Å²) in [5.74, 6) is 0. The Morgan fingerprint density at radius 2 is 1.00 bits per heavy atom. The first-order valence-electron chi connectivity index (χ1n) is 15.5. The molecule has 0 aliphatic carbocycles. The molecule has 0 fully saturated rings. The highest BCUT2D eigenvalue weighted by Crippen LogP contribution is 2.40. The molecule has 2 heterocycles. The zero-order valence-corrected chi connectivity index (χ0v) is 25.0. The number of rotatable bonds is 5. The summed E-state index contributed by atoms with van der Waals surface area (Å²) in [6, 6.07) is 58.3. The predicted octanol–water partition coefficient (Wildman–Crippen LogP) is 12.1. The first-order valence-corrected chi connectivity index (χ1v) is 15.5. The van der Waals surface area contributed by atoms with Gasteiger partial charge in [0, 0.05) is 39.4 Å². The molecule has 0 saturated heterocycles. The second-order valence-electron chi connectivity index (χ2n) is 11.7. The smallest absolute Gasteiger partial charge is 0.227 e. The Hall–Kier alpha value is -6.19.